The molecule has 1 saturated heterocycles. The highest BCUT2D eigenvalue weighted by Crippen LogP contribution is 2.34. The number of nitrogens with one attached hydrogen (secondary N) is 1. The van der Waals surface area contributed by atoms with Gasteiger partial charge in [-0.3, -0.25) is 4.90 Å². The van der Waals surface area contributed by atoms with Gasteiger partial charge in [-0.25, -0.2) is 14.0 Å². The molecule has 0 aliphatic carbocycles. The number of rotatable bonds is 7. The lowest BCUT2D eigenvalue weighted by atomic mass is 10.0. The van der Waals surface area contributed by atoms with Crippen LogP contribution >= 0.6 is 11.6 Å². The standard InChI is InChI=1S/C17H23ClF4N2.C4H4O4/c1-11(2)9-24(14-3-5-23-6-4-14)10-12-7-13(17(20,21)22)8-15(18)16(12)19;5-3(6)1-2-4(7)8/h7-8,11,14,23H,3-6,9-10H2,1-2H3;1-2H,(H,5,6)(H,7,8). The Morgan fingerprint density at radius 3 is 2.16 bits per heavy atom. The SMILES string of the molecule is CC(C)CN(Cc1cc(C(F)(F)F)cc(Cl)c1F)C1CCNCC1.O=C(O)C=CC(=O)O. The van der Waals surface area contributed by atoms with E-state index in [0.29, 0.717) is 30.7 Å². The van der Waals surface area contributed by atoms with Crippen LogP contribution in [0.3, 0.4) is 0 Å². The zero-order valence-corrected chi connectivity index (χ0v) is 18.5. The summed E-state index contributed by atoms with van der Waals surface area (Å²) in [6.45, 7) is 6.67. The van der Waals surface area contributed by atoms with Crippen LogP contribution in [0.1, 0.15) is 37.8 Å². The Kier molecular flexibility index (Phi) is 11.1. The second-order valence-corrected chi connectivity index (χ2v) is 8.15. The van der Waals surface area contributed by atoms with Gasteiger partial charge in [0.25, 0.3) is 0 Å². The predicted octanol–water partition coefficient (Wildman–Crippen LogP) is 4.42. The summed E-state index contributed by atoms with van der Waals surface area (Å²) < 4.78 is 53.2. The summed E-state index contributed by atoms with van der Waals surface area (Å²) in [4.78, 5) is 21.2. The molecule has 0 saturated carbocycles. The Hall–Kier alpha value is -2.17. The number of piperidine rings is 1. The third kappa shape index (κ3) is 9.97. The van der Waals surface area contributed by atoms with E-state index < -0.39 is 34.5 Å². The largest absolute Gasteiger partial charge is 0.478 e. The van der Waals surface area contributed by atoms with Crippen molar-refractivity contribution in [2.45, 2.75) is 45.5 Å². The van der Waals surface area contributed by atoms with Gasteiger partial charge in [-0.15, -0.1) is 0 Å². The van der Waals surface area contributed by atoms with Crippen molar-refractivity contribution in [1.82, 2.24) is 10.2 Å². The molecule has 1 aromatic carbocycles. The highest BCUT2D eigenvalue weighted by atomic mass is 35.5. The molecule has 1 aliphatic heterocycles. The van der Waals surface area contributed by atoms with Crippen LogP contribution in [0, 0.1) is 11.7 Å². The van der Waals surface area contributed by atoms with Crippen molar-refractivity contribution in [2.24, 2.45) is 5.92 Å². The molecular weight excluding hydrogens is 456 g/mol. The molecule has 11 heteroatoms. The lowest BCUT2D eigenvalue weighted by Gasteiger charge is -2.36. The maximum atomic E-state index is 14.3. The number of hydrogen-bond donors (Lipinski definition) is 3. The number of aliphatic carboxylic acids is 2. The molecule has 0 amide bonds. The van der Waals surface area contributed by atoms with Crippen LogP contribution in [0.4, 0.5) is 17.6 Å². The van der Waals surface area contributed by atoms with Gasteiger partial charge in [0.05, 0.1) is 10.6 Å². The Labute approximate surface area is 188 Å². The van der Waals surface area contributed by atoms with Gasteiger partial charge in [-0.2, -0.15) is 13.2 Å². The lowest BCUT2D eigenvalue weighted by molar-refractivity contribution is -0.137. The fourth-order valence-corrected chi connectivity index (χ4v) is 3.51. The fourth-order valence-electron chi connectivity index (χ4n) is 3.27. The van der Waals surface area contributed by atoms with Crippen molar-refractivity contribution in [3.8, 4) is 0 Å². The highest BCUT2D eigenvalue weighted by Gasteiger charge is 2.33. The van der Waals surface area contributed by atoms with Crippen molar-refractivity contribution < 1.29 is 37.4 Å². The van der Waals surface area contributed by atoms with Crippen LogP contribution in [0.15, 0.2) is 24.3 Å². The smallest absolute Gasteiger partial charge is 0.416 e. The summed E-state index contributed by atoms with van der Waals surface area (Å²) in [5.41, 5.74) is -0.896. The predicted molar refractivity (Wildman–Crippen MR) is 112 cm³/mol. The van der Waals surface area contributed by atoms with E-state index in [1.165, 1.54) is 0 Å². The van der Waals surface area contributed by atoms with Crippen LogP contribution in [0.25, 0.3) is 0 Å². The number of carboxylic acid groups (broad SMARTS) is 2. The molecule has 0 atom stereocenters. The molecule has 0 spiro atoms. The number of hydrogen-bond acceptors (Lipinski definition) is 4. The summed E-state index contributed by atoms with van der Waals surface area (Å²) >= 11 is 5.70. The Morgan fingerprint density at radius 2 is 1.72 bits per heavy atom. The second-order valence-electron chi connectivity index (χ2n) is 7.74. The highest BCUT2D eigenvalue weighted by molar-refractivity contribution is 6.30. The zero-order valence-electron chi connectivity index (χ0n) is 17.8. The number of benzene rings is 1. The first-order valence-electron chi connectivity index (χ1n) is 9.95. The first kappa shape index (κ1) is 27.9. The maximum Gasteiger partial charge on any atom is 0.416 e. The molecule has 2 rings (SSSR count). The number of carbonyl (C=O) groups is 2. The Morgan fingerprint density at radius 1 is 1.19 bits per heavy atom. The number of nitrogens with zero attached hydrogens (tertiary/aromatic N) is 1. The van der Waals surface area contributed by atoms with E-state index >= 15 is 0 Å². The van der Waals surface area contributed by atoms with Gasteiger partial charge in [0, 0.05) is 36.8 Å². The van der Waals surface area contributed by atoms with Crippen LogP contribution in [0.5, 0.6) is 0 Å². The quantitative estimate of drug-likeness (QED) is 0.394. The topological polar surface area (TPSA) is 89.9 Å². The summed E-state index contributed by atoms with van der Waals surface area (Å²) in [6.07, 6.45) is -1.61. The molecule has 32 heavy (non-hydrogen) atoms. The first-order valence-corrected chi connectivity index (χ1v) is 10.3. The minimum Gasteiger partial charge on any atom is -0.478 e. The summed E-state index contributed by atoms with van der Waals surface area (Å²) in [7, 11) is 0. The molecule has 3 N–H and O–H groups in total. The van der Waals surface area contributed by atoms with Crippen LogP contribution in [-0.2, 0) is 22.3 Å². The Balaban J connectivity index is 0.000000547. The van der Waals surface area contributed by atoms with E-state index in [0.717, 1.165) is 32.0 Å². The van der Waals surface area contributed by atoms with E-state index in [9.17, 15) is 27.2 Å². The normalized spacial score (nSPS) is 15.2. The summed E-state index contributed by atoms with van der Waals surface area (Å²) in [5.74, 6) is -2.93. The summed E-state index contributed by atoms with van der Waals surface area (Å²) in [5, 5.41) is 18.4. The molecule has 0 radical (unpaired) electrons. The molecule has 180 valence electrons. The van der Waals surface area contributed by atoms with Gasteiger partial charge >= 0.3 is 18.1 Å². The zero-order chi connectivity index (χ0) is 24.5. The van der Waals surface area contributed by atoms with Gasteiger partial charge in [-0.05, 0) is 44.0 Å². The third-order valence-electron chi connectivity index (χ3n) is 4.60. The van der Waals surface area contributed by atoms with E-state index in [1.807, 2.05) is 13.8 Å². The molecule has 1 fully saturated rings. The number of halogens is 5. The molecule has 1 heterocycles. The van der Waals surface area contributed by atoms with Crippen molar-refractivity contribution in [3.05, 3.63) is 46.3 Å². The molecule has 0 bridgehead atoms. The Bertz CT molecular complexity index is 794. The van der Waals surface area contributed by atoms with Crippen LogP contribution in [0.2, 0.25) is 5.02 Å². The first-order chi connectivity index (χ1) is 14.8. The third-order valence-corrected chi connectivity index (χ3v) is 4.87. The number of alkyl halides is 3. The van der Waals surface area contributed by atoms with Crippen LogP contribution < -0.4 is 5.32 Å². The van der Waals surface area contributed by atoms with Crippen molar-refractivity contribution in [1.29, 1.82) is 0 Å². The molecule has 0 unspecified atom stereocenters. The monoisotopic (exact) mass is 482 g/mol. The van der Waals surface area contributed by atoms with E-state index in [4.69, 9.17) is 21.8 Å². The molecular formula is C21H27ClF4N2O4. The van der Waals surface area contributed by atoms with Gasteiger partial charge in [0.2, 0.25) is 0 Å². The summed E-state index contributed by atoms with van der Waals surface area (Å²) in [6, 6.07) is 1.77. The fraction of sp³-hybridized carbons (Fsp3) is 0.524. The maximum absolute atomic E-state index is 14.3. The van der Waals surface area contributed by atoms with Gasteiger partial charge in [0.15, 0.2) is 0 Å². The molecule has 1 aliphatic rings. The van der Waals surface area contributed by atoms with Crippen LogP contribution in [-0.4, -0.2) is 52.7 Å². The van der Waals surface area contributed by atoms with E-state index in [1.54, 1.807) is 0 Å². The average Bonchev–Trinajstić information content (AvgIpc) is 2.69. The van der Waals surface area contributed by atoms with Gasteiger partial charge < -0.3 is 15.5 Å². The molecule has 6 nitrogen and oxygen atoms in total. The number of carboxylic acids is 2. The average molecular weight is 483 g/mol. The van der Waals surface area contributed by atoms with Crippen molar-refractivity contribution in [3.63, 3.8) is 0 Å². The molecule has 0 aromatic heterocycles. The lowest BCUT2D eigenvalue weighted by Crippen LogP contribution is -2.44. The van der Waals surface area contributed by atoms with E-state index in [-0.39, 0.29) is 18.2 Å². The minimum absolute atomic E-state index is 0.00834. The van der Waals surface area contributed by atoms with Gasteiger partial charge in [0.1, 0.15) is 5.82 Å². The van der Waals surface area contributed by atoms with Gasteiger partial charge in [-0.1, -0.05) is 25.4 Å². The molecule has 1 aromatic rings. The second kappa shape index (κ2) is 12.8. The van der Waals surface area contributed by atoms with Crippen molar-refractivity contribution in [2.75, 3.05) is 19.6 Å². The van der Waals surface area contributed by atoms with Crippen molar-refractivity contribution >= 4 is 23.5 Å². The minimum atomic E-state index is -4.54. The van der Waals surface area contributed by atoms with E-state index in [2.05, 4.69) is 10.2 Å².